The second-order valence-electron chi connectivity index (χ2n) is 4.62. The van der Waals surface area contributed by atoms with Gasteiger partial charge in [-0.3, -0.25) is 4.40 Å². The summed E-state index contributed by atoms with van der Waals surface area (Å²) in [6.45, 7) is 4.05. The molecule has 0 bridgehead atoms. The fraction of sp³-hybridized carbons (Fsp3) is 0.214. The number of nitrogens with zero attached hydrogens (tertiary/aromatic N) is 4. The minimum absolute atomic E-state index is 0.590. The number of hydrogen-bond donors (Lipinski definition) is 1. The molecule has 0 saturated heterocycles. The molecule has 2 heterocycles. The molecule has 0 spiro atoms. The van der Waals surface area contributed by atoms with E-state index >= 15 is 0 Å². The van der Waals surface area contributed by atoms with Crippen LogP contribution in [0.3, 0.4) is 0 Å². The zero-order chi connectivity index (χ0) is 14.3. The van der Waals surface area contributed by atoms with Crippen molar-refractivity contribution in [1.29, 1.82) is 0 Å². The van der Waals surface area contributed by atoms with Crippen LogP contribution in [0.1, 0.15) is 18.2 Å². The monoisotopic (exact) mass is 287 g/mol. The minimum atomic E-state index is 0.590. The highest BCUT2D eigenvalue weighted by atomic mass is 35.5. The Labute approximate surface area is 121 Å². The third kappa shape index (κ3) is 1.91. The van der Waals surface area contributed by atoms with E-state index in [1.54, 1.807) is 24.5 Å². The maximum Gasteiger partial charge on any atom is 0.171 e. The number of hydrogen-bond acceptors (Lipinski definition) is 4. The van der Waals surface area contributed by atoms with Gasteiger partial charge in [-0.25, -0.2) is 4.98 Å². The Balaban J connectivity index is 2.31. The Kier molecular flexibility index (Phi) is 3.06. The molecule has 0 amide bonds. The summed E-state index contributed by atoms with van der Waals surface area (Å²) in [5.74, 6) is 0.652. The second kappa shape index (κ2) is 4.76. The summed E-state index contributed by atoms with van der Waals surface area (Å²) in [5, 5.41) is 9.11. The molecule has 6 heteroatoms. The third-order valence-electron chi connectivity index (χ3n) is 3.35. The average Bonchev–Trinajstić information content (AvgIpc) is 2.85. The van der Waals surface area contributed by atoms with Crippen LogP contribution in [-0.2, 0) is 6.42 Å². The third-order valence-corrected chi connectivity index (χ3v) is 3.68. The summed E-state index contributed by atoms with van der Waals surface area (Å²) in [7, 11) is 0. The Hall–Kier alpha value is -2.14. The zero-order valence-corrected chi connectivity index (χ0v) is 12.0. The second-order valence-corrected chi connectivity index (χ2v) is 5.03. The first-order valence-electron chi connectivity index (χ1n) is 6.36. The van der Waals surface area contributed by atoms with Crippen molar-refractivity contribution < 1.29 is 0 Å². The number of benzene rings is 1. The molecule has 2 N–H and O–H groups in total. The van der Waals surface area contributed by atoms with Gasteiger partial charge in [0.15, 0.2) is 11.5 Å². The maximum absolute atomic E-state index is 6.24. The van der Waals surface area contributed by atoms with Gasteiger partial charge < -0.3 is 5.73 Å². The molecule has 0 fully saturated rings. The molecule has 102 valence electrons. The SMILES string of the molecule is CCc1c(C)ncn2c(-c3cc(N)ccc3Cl)nnc12. The van der Waals surface area contributed by atoms with Gasteiger partial charge in [0, 0.05) is 22.5 Å². The van der Waals surface area contributed by atoms with Crippen LogP contribution in [0.25, 0.3) is 17.0 Å². The van der Waals surface area contributed by atoms with E-state index in [2.05, 4.69) is 22.1 Å². The molecule has 3 rings (SSSR count). The van der Waals surface area contributed by atoms with Crippen LogP contribution in [0.4, 0.5) is 5.69 Å². The molecule has 0 atom stereocenters. The van der Waals surface area contributed by atoms with Crippen molar-refractivity contribution in [3.05, 3.63) is 40.8 Å². The Bertz CT molecular complexity index is 794. The van der Waals surface area contributed by atoms with E-state index in [0.717, 1.165) is 28.9 Å². The van der Waals surface area contributed by atoms with Gasteiger partial charge in [-0.05, 0) is 31.5 Å². The zero-order valence-electron chi connectivity index (χ0n) is 11.3. The van der Waals surface area contributed by atoms with Crippen molar-refractivity contribution in [2.45, 2.75) is 20.3 Å². The highest BCUT2D eigenvalue weighted by molar-refractivity contribution is 6.33. The predicted octanol–water partition coefficient (Wildman–Crippen LogP) is 2.90. The molecule has 3 aromatic rings. The summed E-state index contributed by atoms with van der Waals surface area (Å²) in [4.78, 5) is 4.40. The first-order valence-corrected chi connectivity index (χ1v) is 6.74. The first kappa shape index (κ1) is 12.9. The maximum atomic E-state index is 6.24. The van der Waals surface area contributed by atoms with E-state index in [-0.39, 0.29) is 0 Å². The average molecular weight is 288 g/mol. The highest BCUT2D eigenvalue weighted by Crippen LogP contribution is 2.29. The van der Waals surface area contributed by atoms with Crippen LogP contribution in [-0.4, -0.2) is 19.6 Å². The summed E-state index contributed by atoms with van der Waals surface area (Å²) in [6.07, 6.45) is 2.57. The van der Waals surface area contributed by atoms with Crippen LogP contribution in [0.2, 0.25) is 5.02 Å². The lowest BCUT2D eigenvalue weighted by molar-refractivity contribution is 0.979. The highest BCUT2D eigenvalue weighted by Gasteiger charge is 2.15. The first-order chi connectivity index (χ1) is 9.61. The lowest BCUT2D eigenvalue weighted by Gasteiger charge is -2.06. The number of anilines is 1. The molecule has 0 saturated carbocycles. The predicted molar refractivity (Wildman–Crippen MR) is 79.8 cm³/mol. The largest absolute Gasteiger partial charge is 0.399 e. The Morgan fingerprint density at radius 1 is 1.30 bits per heavy atom. The van der Waals surface area contributed by atoms with E-state index in [4.69, 9.17) is 17.3 Å². The van der Waals surface area contributed by atoms with Gasteiger partial charge in [0.25, 0.3) is 0 Å². The van der Waals surface area contributed by atoms with Crippen LogP contribution in [0.5, 0.6) is 0 Å². The molecule has 0 aliphatic heterocycles. The summed E-state index contributed by atoms with van der Waals surface area (Å²) in [6, 6.07) is 5.31. The fourth-order valence-corrected chi connectivity index (χ4v) is 2.50. The summed E-state index contributed by atoms with van der Waals surface area (Å²) in [5.41, 5.74) is 10.1. The van der Waals surface area contributed by atoms with Crippen molar-refractivity contribution in [3.8, 4) is 11.4 Å². The molecule has 20 heavy (non-hydrogen) atoms. The Morgan fingerprint density at radius 2 is 2.10 bits per heavy atom. The quantitative estimate of drug-likeness (QED) is 0.736. The van der Waals surface area contributed by atoms with E-state index in [1.807, 2.05) is 11.3 Å². The van der Waals surface area contributed by atoms with Gasteiger partial charge in [-0.15, -0.1) is 10.2 Å². The summed E-state index contributed by atoms with van der Waals surface area (Å²) >= 11 is 6.24. The fourth-order valence-electron chi connectivity index (χ4n) is 2.30. The standard InChI is InChI=1S/C14H14ClN5/c1-3-10-8(2)17-7-20-13(10)18-19-14(20)11-6-9(16)4-5-12(11)15/h4-7H,3,16H2,1-2H3. The number of halogens is 1. The van der Waals surface area contributed by atoms with Crippen molar-refractivity contribution in [1.82, 2.24) is 19.6 Å². The van der Waals surface area contributed by atoms with Crippen LogP contribution in [0, 0.1) is 6.92 Å². The van der Waals surface area contributed by atoms with E-state index in [9.17, 15) is 0 Å². The topological polar surface area (TPSA) is 69.1 Å². The van der Waals surface area contributed by atoms with Gasteiger partial charge >= 0.3 is 0 Å². The van der Waals surface area contributed by atoms with Crippen molar-refractivity contribution in [2.75, 3.05) is 5.73 Å². The number of aromatic nitrogens is 4. The van der Waals surface area contributed by atoms with Crippen LogP contribution < -0.4 is 5.73 Å². The molecule has 0 aliphatic carbocycles. The number of nitrogens with two attached hydrogens (primary N) is 1. The van der Waals surface area contributed by atoms with Gasteiger partial charge in [-0.1, -0.05) is 18.5 Å². The lowest BCUT2D eigenvalue weighted by atomic mass is 10.1. The number of aryl methyl sites for hydroxylation is 2. The van der Waals surface area contributed by atoms with Gasteiger partial charge in [0.2, 0.25) is 0 Å². The number of rotatable bonds is 2. The molecule has 0 radical (unpaired) electrons. The molecular formula is C14H14ClN5. The van der Waals surface area contributed by atoms with Gasteiger partial charge in [0.05, 0.1) is 5.02 Å². The lowest BCUT2D eigenvalue weighted by Crippen LogP contribution is -1.99. The van der Waals surface area contributed by atoms with Crippen molar-refractivity contribution in [2.24, 2.45) is 0 Å². The van der Waals surface area contributed by atoms with Crippen LogP contribution >= 0.6 is 11.6 Å². The molecule has 5 nitrogen and oxygen atoms in total. The minimum Gasteiger partial charge on any atom is -0.399 e. The molecular weight excluding hydrogens is 274 g/mol. The van der Waals surface area contributed by atoms with Crippen molar-refractivity contribution in [3.63, 3.8) is 0 Å². The molecule has 0 unspecified atom stereocenters. The molecule has 0 aliphatic rings. The van der Waals surface area contributed by atoms with Crippen molar-refractivity contribution >= 4 is 22.9 Å². The van der Waals surface area contributed by atoms with E-state index in [1.165, 1.54) is 0 Å². The number of nitrogen functional groups attached to an aromatic ring is 1. The number of fused-ring (bicyclic) bond motifs is 1. The normalized spacial score (nSPS) is 11.2. The smallest absolute Gasteiger partial charge is 0.171 e. The van der Waals surface area contributed by atoms with E-state index in [0.29, 0.717) is 16.5 Å². The summed E-state index contributed by atoms with van der Waals surface area (Å²) < 4.78 is 1.85. The van der Waals surface area contributed by atoms with E-state index < -0.39 is 0 Å². The van der Waals surface area contributed by atoms with Crippen LogP contribution in [0.15, 0.2) is 24.5 Å². The molecule has 1 aromatic carbocycles. The molecule has 2 aromatic heterocycles. The Morgan fingerprint density at radius 3 is 2.85 bits per heavy atom. The van der Waals surface area contributed by atoms with Gasteiger partial charge in [-0.2, -0.15) is 0 Å². The van der Waals surface area contributed by atoms with Gasteiger partial charge in [0.1, 0.15) is 6.33 Å².